The van der Waals surface area contributed by atoms with Crippen LogP contribution in [0.4, 0.5) is 5.82 Å². The Morgan fingerprint density at radius 3 is 3.00 bits per heavy atom. The summed E-state index contributed by atoms with van der Waals surface area (Å²) >= 11 is 7.99. The van der Waals surface area contributed by atoms with Crippen molar-refractivity contribution in [3.8, 4) is 0 Å². The van der Waals surface area contributed by atoms with E-state index in [1.165, 1.54) is 4.88 Å². The molecule has 2 N–H and O–H groups in total. The number of aryl methyl sites for hydroxylation is 2. The third kappa shape index (κ3) is 4.65. The zero-order chi connectivity index (χ0) is 18.5. The van der Waals surface area contributed by atoms with E-state index in [4.69, 9.17) is 16.6 Å². The van der Waals surface area contributed by atoms with Gasteiger partial charge in [0, 0.05) is 36.8 Å². The van der Waals surface area contributed by atoms with Gasteiger partial charge >= 0.3 is 0 Å². The predicted octanol–water partition coefficient (Wildman–Crippen LogP) is 3.14. The van der Waals surface area contributed by atoms with E-state index in [1.54, 1.807) is 17.5 Å². The molecule has 2 aromatic heterocycles. The first-order valence-electron chi connectivity index (χ1n) is 8.90. The number of rotatable bonds is 5. The Balaban J connectivity index is 1.62. The molecule has 2 aromatic rings. The van der Waals surface area contributed by atoms with Crippen LogP contribution in [-0.4, -0.2) is 41.6 Å². The molecule has 1 saturated heterocycles. The molecule has 1 atom stereocenters. The molecule has 0 aromatic carbocycles. The van der Waals surface area contributed by atoms with Crippen molar-refractivity contribution in [3.63, 3.8) is 0 Å². The highest BCUT2D eigenvalue weighted by Crippen LogP contribution is 2.25. The van der Waals surface area contributed by atoms with E-state index in [9.17, 15) is 0 Å². The fourth-order valence-corrected chi connectivity index (χ4v) is 4.17. The number of guanidine groups is 1. The molecule has 3 rings (SSSR count). The number of nitrogens with zero attached hydrogens (tertiary/aromatic N) is 4. The zero-order valence-electron chi connectivity index (χ0n) is 15.4. The van der Waals surface area contributed by atoms with Gasteiger partial charge in [-0.3, -0.25) is 0 Å². The van der Waals surface area contributed by atoms with Crippen molar-refractivity contribution in [3.05, 3.63) is 38.9 Å². The highest BCUT2D eigenvalue weighted by molar-refractivity contribution is 7.11. The lowest BCUT2D eigenvalue weighted by Gasteiger charge is -2.20. The average molecular weight is 393 g/mol. The number of hydrogen-bond acceptors (Lipinski definition) is 5. The molecule has 0 radical (unpaired) electrons. The first-order chi connectivity index (χ1) is 12.6. The molecule has 0 bridgehead atoms. The van der Waals surface area contributed by atoms with E-state index in [0.717, 1.165) is 48.5 Å². The summed E-state index contributed by atoms with van der Waals surface area (Å²) in [5, 5.41) is 8.66. The van der Waals surface area contributed by atoms with Gasteiger partial charge in [0.2, 0.25) is 0 Å². The van der Waals surface area contributed by atoms with Crippen LogP contribution in [0.5, 0.6) is 0 Å². The largest absolute Gasteiger partial charge is 0.357 e. The van der Waals surface area contributed by atoms with E-state index in [2.05, 4.69) is 32.4 Å². The van der Waals surface area contributed by atoms with Crippen LogP contribution in [0.3, 0.4) is 0 Å². The third-order valence-electron chi connectivity index (χ3n) is 4.29. The van der Waals surface area contributed by atoms with Gasteiger partial charge in [-0.1, -0.05) is 11.6 Å². The van der Waals surface area contributed by atoms with Crippen molar-refractivity contribution in [2.24, 2.45) is 4.99 Å². The van der Waals surface area contributed by atoms with Crippen LogP contribution in [0.15, 0.2) is 23.3 Å². The van der Waals surface area contributed by atoms with Crippen LogP contribution in [0.1, 0.15) is 28.9 Å². The topological polar surface area (TPSA) is 65.4 Å². The van der Waals surface area contributed by atoms with Crippen LogP contribution in [-0.2, 0) is 6.54 Å². The molecule has 1 aliphatic rings. The summed E-state index contributed by atoms with van der Waals surface area (Å²) in [6.45, 7) is 9.42. The number of thiazole rings is 1. The van der Waals surface area contributed by atoms with E-state index in [-0.39, 0.29) is 0 Å². The number of nitrogens with one attached hydrogen (secondary N) is 2. The lowest BCUT2D eigenvalue weighted by molar-refractivity contribution is 0.649. The minimum Gasteiger partial charge on any atom is -0.357 e. The van der Waals surface area contributed by atoms with Gasteiger partial charge in [0.25, 0.3) is 0 Å². The van der Waals surface area contributed by atoms with Crippen molar-refractivity contribution in [2.75, 3.05) is 24.5 Å². The van der Waals surface area contributed by atoms with E-state index in [0.29, 0.717) is 17.6 Å². The summed E-state index contributed by atoms with van der Waals surface area (Å²) in [6.07, 6.45) is 2.81. The maximum atomic E-state index is 6.28. The standard InChI is InChI=1S/C18H25ClN6S/c1-4-20-18(22-10-16-12(2)23-13(3)26-16)24-14-7-9-25(11-14)17-15(19)6-5-8-21-17/h5-6,8,14H,4,7,9-11H2,1-3H3,(H2,20,22,24). The smallest absolute Gasteiger partial charge is 0.191 e. The van der Waals surface area contributed by atoms with Crippen molar-refractivity contribution in [2.45, 2.75) is 39.8 Å². The zero-order valence-corrected chi connectivity index (χ0v) is 17.0. The normalized spacial score (nSPS) is 17.6. The Morgan fingerprint density at radius 2 is 2.31 bits per heavy atom. The van der Waals surface area contributed by atoms with Gasteiger partial charge in [-0.25, -0.2) is 15.0 Å². The van der Waals surface area contributed by atoms with Crippen molar-refractivity contribution < 1.29 is 0 Å². The van der Waals surface area contributed by atoms with Crippen LogP contribution in [0, 0.1) is 13.8 Å². The second-order valence-corrected chi connectivity index (χ2v) is 8.02. The maximum absolute atomic E-state index is 6.28. The highest BCUT2D eigenvalue weighted by atomic mass is 35.5. The van der Waals surface area contributed by atoms with Crippen LogP contribution in [0.25, 0.3) is 0 Å². The molecule has 0 spiro atoms. The number of hydrogen-bond donors (Lipinski definition) is 2. The molecule has 1 fully saturated rings. The quantitative estimate of drug-likeness (QED) is 0.604. The molecule has 0 amide bonds. The fourth-order valence-electron chi connectivity index (χ4n) is 3.06. The van der Waals surface area contributed by atoms with Gasteiger partial charge < -0.3 is 15.5 Å². The monoisotopic (exact) mass is 392 g/mol. The summed E-state index contributed by atoms with van der Waals surface area (Å²) < 4.78 is 0. The molecule has 0 aliphatic carbocycles. The molecule has 140 valence electrons. The van der Waals surface area contributed by atoms with E-state index in [1.807, 2.05) is 26.0 Å². The van der Waals surface area contributed by atoms with Gasteiger partial charge in [-0.2, -0.15) is 0 Å². The molecular weight excluding hydrogens is 368 g/mol. The van der Waals surface area contributed by atoms with E-state index < -0.39 is 0 Å². The SMILES string of the molecule is CCNC(=NCc1sc(C)nc1C)NC1CCN(c2ncccc2Cl)C1. The summed E-state index contributed by atoms with van der Waals surface area (Å²) in [6, 6.07) is 4.06. The number of pyridine rings is 1. The molecular formula is C18H25ClN6S. The Hall–Kier alpha value is -1.86. The number of anilines is 1. The number of aromatic nitrogens is 2. The molecule has 0 saturated carbocycles. The van der Waals surface area contributed by atoms with Crippen molar-refractivity contribution >= 4 is 34.7 Å². The summed E-state index contributed by atoms with van der Waals surface area (Å²) in [5.74, 6) is 1.70. The average Bonchev–Trinajstić information content (AvgIpc) is 3.19. The summed E-state index contributed by atoms with van der Waals surface area (Å²) in [7, 11) is 0. The van der Waals surface area contributed by atoms with Gasteiger partial charge in [-0.05, 0) is 39.3 Å². The van der Waals surface area contributed by atoms with Gasteiger partial charge in [0.15, 0.2) is 5.96 Å². The van der Waals surface area contributed by atoms with Crippen LogP contribution >= 0.6 is 22.9 Å². The number of aliphatic imine (C=N–C) groups is 1. The van der Waals surface area contributed by atoms with Crippen molar-refractivity contribution in [1.82, 2.24) is 20.6 Å². The predicted molar refractivity (Wildman–Crippen MR) is 109 cm³/mol. The minimum atomic E-state index is 0.315. The summed E-state index contributed by atoms with van der Waals surface area (Å²) in [5.41, 5.74) is 1.07. The van der Waals surface area contributed by atoms with Gasteiger partial charge in [0.1, 0.15) is 5.82 Å². The molecule has 8 heteroatoms. The molecule has 6 nitrogen and oxygen atoms in total. The fraction of sp³-hybridized carbons (Fsp3) is 0.500. The van der Waals surface area contributed by atoms with Gasteiger partial charge in [-0.15, -0.1) is 11.3 Å². The lowest BCUT2D eigenvalue weighted by atomic mass is 10.3. The van der Waals surface area contributed by atoms with Gasteiger partial charge in [0.05, 0.1) is 22.3 Å². The Bertz CT molecular complexity index is 775. The summed E-state index contributed by atoms with van der Waals surface area (Å²) in [4.78, 5) is 17.1. The number of halogens is 1. The maximum Gasteiger partial charge on any atom is 0.191 e. The molecule has 1 aliphatic heterocycles. The Kier molecular flexibility index (Phi) is 6.32. The second kappa shape index (κ2) is 8.68. The highest BCUT2D eigenvalue weighted by Gasteiger charge is 2.25. The Morgan fingerprint density at radius 1 is 1.46 bits per heavy atom. The third-order valence-corrected chi connectivity index (χ3v) is 5.64. The van der Waals surface area contributed by atoms with E-state index >= 15 is 0 Å². The molecule has 1 unspecified atom stereocenters. The first kappa shape index (κ1) is 18.9. The first-order valence-corrected chi connectivity index (χ1v) is 10.1. The van der Waals surface area contributed by atoms with Crippen molar-refractivity contribution in [1.29, 1.82) is 0 Å². The molecule has 3 heterocycles. The lowest BCUT2D eigenvalue weighted by Crippen LogP contribution is -2.44. The minimum absolute atomic E-state index is 0.315. The Labute approximate surface area is 163 Å². The molecule has 26 heavy (non-hydrogen) atoms. The van der Waals surface area contributed by atoms with Crippen LogP contribution in [0.2, 0.25) is 5.02 Å². The van der Waals surface area contributed by atoms with Crippen LogP contribution < -0.4 is 15.5 Å². The second-order valence-electron chi connectivity index (χ2n) is 6.32.